The van der Waals surface area contributed by atoms with Gasteiger partial charge in [-0.2, -0.15) is 11.3 Å². The summed E-state index contributed by atoms with van der Waals surface area (Å²) in [7, 11) is 0. The van der Waals surface area contributed by atoms with Crippen LogP contribution in [-0.4, -0.2) is 17.4 Å². The molecule has 1 aromatic carbocycles. The van der Waals surface area contributed by atoms with Crippen molar-refractivity contribution in [3.05, 3.63) is 57.2 Å². The second kappa shape index (κ2) is 6.03. The molecule has 0 bridgehead atoms. The third-order valence-corrected chi connectivity index (χ3v) is 3.81. The third-order valence-electron chi connectivity index (χ3n) is 2.76. The van der Waals surface area contributed by atoms with E-state index in [1.54, 1.807) is 4.90 Å². The predicted molar refractivity (Wildman–Crippen MR) is 76.2 cm³/mol. The van der Waals surface area contributed by atoms with E-state index in [-0.39, 0.29) is 5.91 Å². The van der Waals surface area contributed by atoms with E-state index in [9.17, 15) is 4.79 Å². The predicted octanol–water partition coefficient (Wildman–Crippen LogP) is 4.06. The van der Waals surface area contributed by atoms with Crippen LogP contribution < -0.4 is 0 Å². The van der Waals surface area contributed by atoms with Gasteiger partial charge in [0.15, 0.2) is 0 Å². The zero-order valence-electron chi connectivity index (χ0n) is 10.1. The molecule has 1 aromatic heterocycles. The minimum Gasteiger partial charge on any atom is -0.335 e. The molecule has 0 aliphatic carbocycles. The number of thiophene rings is 1. The molecule has 0 spiro atoms. The molecule has 2 rings (SSSR count). The number of hydrogen-bond acceptors (Lipinski definition) is 2. The molecule has 0 fully saturated rings. The van der Waals surface area contributed by atoms with Gasteiger partial charge < -0.3 is 4.90 Å². The Morgan fingerprint density at radius 3 is 2.72 bits per heavy atom. The Bertz CT molecular complexity index is 524. The molecule has 0 atom stereocenters. The largest absolute Gasteiger partial charge is 0.335 e. The molecule has 2 aromatic rings. The van der Waals surface area contributed by atoms with Crippen molar-refractivity contribution in [3.63, 3.8) is 0 Å². The van der Waals surface area contributed by atoms with Gasteiger partial charge in [0.2, 0.25) is 0 Å². The molecular weight excluding hydrogens is 266 g/mol. The Balaban J connectivity index is 2.15. The summed E-state index contributed by atoms with van der Waals surface area (Å²) in [4.78, 5) is 14.0. The highest BCUT2D eigenvalue weighted by Crippen LogP contribution is 2.18. The molecular formula is C14H14ClNOS. The van der Waals surface area contributed by atoms with Crippen molar-refractivity contribution in [1.82, 2.24) is 4.90 Å². The lowest BCUT2D eigenvalue weighted by molar-refractivity contribution is 0.0753. The number of benzene rings is 1. The van der Waals surface area contributed by atoms with Crippen LogP contribution in [0.25, 0.3) is 0 Å². The van der Waals surface area contributed by atoms with E-state index in [0.717, 1.165) is 11.1 Å². The Morgan fingerprint density at radius 2 is 2.11 bits per heavy atom. The van der Waals surface area contributed by atoms with Crippen LogP contribution in [-0.2, 0) is 6.54 Å². The molecule has 1 heterocycles. The van der Waals surface area contributed by atoms with Crippen molar-refractivity contribution in [2.75, 3.05) is 6.54 Å². The van der Waals surface area contributed by atoms with Gasteiger partial charge in [-0.1, -0.05) is 29.8 Å². The highest BCUT2D eigenvalue weighted by Gasteiger charge is 2.15. The number of rotatable bonds is 4. The van der Waals surface area contributed by atoms with E-state index in [1.807, 2.05) is 48.0 Å². The summed E-state index contributed by atoms with van der Waals surface area (Å²) in [5, 5.41) is 4.49. The average Bonchev–Trinajstić information content (AvgIpc) is 2.91. The molecule has 2 nitrogen and oxygen atoms in total. The number of nitrogens with zero attached hydrogens (tertiary/aromatic N) is 1. The molecule has 0 N–H and O–H groups in total. The standard InChI is InChI=1S/C14H14ClNOS/c1-2-16(14(17)12-7-8-18-10-12)9-11-5-3-4-6-13(11)15/h3-8,10H,2,9H2,1H3. The van der Waals surface area contributed by atoms with Gasteiger partial charge in [0.1, 0.15) is 0 Å². The summed E-state index contributed by atoms with van der Waals surface area (Å²) in [5.41, 5.74) is 1.72. The number of hydrogen-bond donors (Lipinski definition) is 0. The van der Waals surface area contributed by atoms with E-state index in [1.165, 1.54) is 11.3 Å². The number of amides is 1. The van der Waals surface area contributed by atoms with Crippen LogP contribution in [0.15, 0.2) is 41.1 Å². The zero-order chi connectivity index (χ0) is 13.0. The molecule has 0 aliphatic rings. The lowest BCUT2D eigenvalue weighted by atomic mass is 10.2. The summed E-state index contributed by atoms with van der Waals surface area (Å²) in [6.45, 7) is 3.19. The van der Waals surface area contributed by atoms with Crippen molar-refractivity contribution >= 4 is 28.8 Å². The molecule has 0 unspecified atom stereocenters. The smallest absolute Gasteiger partial charge is 0.254 e. The normalized spacial score (nSPS) is 10.3. The lowest BCUT2D eigenvalue weighted by Gasteiger charge is -2.21. The maximum Gasteiger partial charge on any atom is 0.254 e. The van der Waals surface area contributed by atoms with Crippen LogP contribution in [0.1, 0.15) is 22.8 Å². The average molecular weight is 280 g/mol. The van der Waals surface area contributed by atoms with Gasteiger partial charge in [0, 0.05) is 23.5 Å². The topological polar surface area (TPSA) is 20.3 Å². The van der Waals surface area contributed by atoms with E-state index in [2.05, 4.69) is 0 Å². The highest BCUT2D eigenvalue weighted by molar-refractivity contribution is 7.08. The fraction of sp³-hybridized carbons (Fsp3) is 0.214. The molecule has 94 valence electrons. The van der Waals surface area contributed by atoms with Crippen LogP contribution in [0.3, 0.4) is 0 Å². The van der Waals surface area contributed by atoms with Crippen molar-refractivity contribution in [3.8, 4) is 0 Å². The zero-order valence-corrected chi connectivity index (χ0v) is 11.7. The van der Waals surface area contributed by atoms with Crippen LogP contribution in [0.5, 0.6) is 0 Å². The molecule has 0 radical (unpaired) electrons. The first-order chi connectivity index (χ1) is 8.72. The van der Waals surface area contributed by atoms with E-state index in [0.29, 0.717) is 18.1 Å². The van der Waals surface area contributed by atoms with E-state index >= 15 is 0 Å². The molecule has 0 aliphatic heterocycles. The Kier molecular flexibility index (Phi) is 4.39. The van der Waals surface area contributed by atoms with Gasteiger partial charge in [0.25, 0.3) is 5.91 Å². The van der Waals surface area contributed by atoms with Gasteiger partial charge in [-0.3, -0.25) is 4.79 Å². The first kappa shape index (κ1) is 13.1. The highest BCUT2D eigenvalue weighted by atomic mass is 35.5. The van der Waals surface area contributed by atoms with Gasteiger partial charge in [-0.25, -0.2) is 0 Å². The summed E-state index contributed by atoms with van der Waals surface area (Å²) >= 11 is 7.65. The lowest BCUT2D eigenvalue weighted by Crippen LogP contribution is -2.30. The third kappa shape index (κ3) is 2.92. The summed E-state index contributed by atoms with van der Waals surface area (Å²) in [6, 6.07) is 9.47. The fourth-order valence-electron chi connectivity index (χ4n) is 1.73. The molecule has 0 saturated heterocycles. The minimum atomic E-state index is 0.0543. The van der Waals surface area contributed by atoms with Crippen molar-refractivity contribution < 1.29 is 4.79 Å². The minimum absolute atomic E-state index is 0.0543. The molecule has 1 amide bonds. The van der Waals surface area contributed by atoms with Gasteiger partial charge >= 0.3 is 0 Å². The maximum atomic E-state index is 12.2. The van der Waals surface area contributed by atoms with Crippen LogP contribution >= 0.6 is 22.9 Å². The second-order valence-corrected chi connectivity index (χ2v) is 5.11. The van der Waals surface area contributed by atoms with Crippen molar-refractivity contribution in [2.24, 2.45) is 0 Å². The van der Waals surface area contributed by atoms with Crippen molar-refractivity contribution in [2.45, 2.75) is 13.5 Å². The van der Waals surface area contributed by atoms with E-state index < -0.39 is 0 Å². The SMILES string of the molecule is CCN(Cc1ccccc1Cl)C(=O)c1ccsc1. The Morgan fingerprint density at radius 1 is 1.33 bits per heavy atom. The van der Waals surface area contributed by atoms with Gasteiger partial charge in [-0.05, 0) is 30.0 Å². The summed E-state index contributed by atoms with van der Waals surface area (Å²) in [6.07, 6.45) is 0. The summed E-state index contributed by atoms with van der Waals surface area (Å²) in [5.74, 6) is 0.0543. The number of halogens is 1. The number of carbonyl (C=O) groups is 1. The first-order valence-electron chi connectivity index (χ1n) is 5.77. The maximum absolute atomic E-state index is 12.2. The van der Waals surface area contributed by atoms with E-state index in [4.69, 9.17) is 11.6 Å². The Hall–Kier alpha value is -1.32. The second-order valence-electron chi connectivity index (χ2n) is 3.92. The van der Waals surface area contributed by atoms with Crippen molar-refractivity contribution in [1.29, 1.82) is 0 Å². The number of carbonyl (C=O) groups excluding carboxylic acids is 1. The quantitative estimate of drug-likeness (QED) is 0.826. The van der Waals surface area contributed by atoms with Crippen LogP contribution in [0, 0.1) is 0 Å². The first-order valence-corrected chi connectivity index (χ1v) is 7.09. The Labute approximate surface area is 116 Å². The van der Waals surface area contributed by atoms with Gasteiger partial charge in [0.05, 0.1) is 5.56 Å². The van der Waals surface area contributed by atoms with Crippen LogP contribution in [0.2, 0.25) is 5.02 Å². The summed E-state index contributed by atoms with van der Waals surface area (Å²) < 4.78 is 0. The fourth-order valence-corrected chi connectivity index (χ4v) is 2.55. The molecule has 18 heavy (non-hydrogen) atoms. The monoisotopic (exact) mass is 279 g/mol. The van der Waals surface area contributed by atoms with Crippen LogP contribution in [0.4, 0.5) is 0 Å². The molecule has 0 saturated carbocycles. The van der Waals surface area contributed by atoms with Gasteiger partial charge in [-0.15, -0.1) is 0 Å². The molecule has 4 heteroatoms.